The highest BCUT2D eigenvalue weighted by molar-refractivity contribution is 7.10. The molecule has 0 bridgehead atoms. The van der Waals surface area contributed by atoms with Crippen molar-refractivity contribution in [3.8, 4) is 5.75 Å². The van der Waals surface area contributed by atoms with E-state index >= 15 is 0 Å². The van der Waals surface area contributed by atoms with Crippen molar-refractivity contribution in [3.05, 3.63) is 81.5 Å². The van der Waals surface area contributed by atoms with Crippen LogP contribution in [0.1, 0.15) is 34.0 Å². The first-order chi connectivity index (χ1) is 14.7. The van der Waals surface area contributed by atoms with Gasteiger partial charge in [-0.15, -0.1) is 11.3 Å². The van der Waals surface area contributed by atoms with E-state index in [4.69, 9.17) is 4.74 Å². The lowest BCUT2D eigenvalue weighted by molar-refractivity contribution is -0.135. The Bertz CT molecular complexity index is 1090. The number of fused-ring (bicyclic) bond motifs is 2. The number of amides is 2. The number of nitrogens with zero attached hydrogens (tertiary/aromatic N) is 1. The molecule has 2 amide bonds. The molecule has 30 heavy (non-hydrogen) atoms. The van der Waals surface area contributed by atoms with E-state index in [2.05, 4.69) is 28.9 Å². The normalized spacial score (nSPS) is 17.7. The van der Waals surface area contributed by atoms with E-state index in [0.717, 1.165) is 23.2 Å². The third-order valence-electron chi connectivity index (χ3n) is 5.74. The Morgan fingerprint density at radius 2 is 1.97 bits per heavy atom. The van der Waals surface area contributed by atoms with Crippen molar-refractivity contribution in [1.29, 1.82) is 0 Å². The number of aryl methyl sites for hydroxylation is 1. The summed E-state index contributed by atoms with van der Waals surface area (Å²) in [6, 6.07) is 17.8. The van der Waals surface area contributed by atoms with Gasteiger partial charge in [-0.1, -0.05) is 30.3 Å². The fourth-order valence-electron chi connectivity index (χ4n) is 4.26. The molecule has 2 aromatic carbocycles. The smallest absolute Gasteiger partial charge is 0.261 e. The number of benzene rings is 2. The Kier molecular flexibility index (Phi) is 5.01. The van der Waals surface area contributed by atoms with E-state index in [-0.39, 0.29) is 24.5 Å². The van der Waals surface area contributed by atoms with Crippen molar-refractivity contribution in [2.24, 2.45) is 0 Å². The van der Waals surface area contributed by atoms with E-state index in [1.54, 1.807) is 17.4 Å². The molecule has 2 aliphatic rings. The number of nitrogens with one attached hydrogen (secondary N) is 1. The molecule has 0 saturated carbocycles. The Balaban J connectivity index is 1.34. The van der Waals surface area contributed by atoms with Crippen LogP contribution in [0, 0.1) is 0 Å². The number of thiophene rings is 1. The predicted octanol–water partition coefficient (Wildman–Crippen LogP) is 4.19. The average molecular weight is 419 g/mol. The second-order valence-corrected chi connectivity index (χ2v) is 8.61. The Labute approximate surface area is 179 Å². The lowest BCUT2D eigenvalue weighted by Crippen LogP contribution is -2.42. The van der Waals surface area contributed by atoms with Gasteiger partial charge < -0.3 is 15.0 Å². The Morgan fingerprint density at radius 3 is 2.83 bits per heavy atom. The summed E-state index contributed by atoms with van der Waals surface area (Å²) >= 11 is 1.76. The minimum atomic E-state index is -0.0731. The summed E-state index contributed by atoms with van der Waals surface area (Å²) in [6.45, 7) is 0.680. The topological polar surface area (TPSA) is 58.6 Å². The summed E-state index contributed by atoms with van der Waals surface area (Å²) in [7, 11) is 0. The molecule has 3 aromatic rings. The van der Waals surface area contributed by atoms with Crippen LogP contribution in [0.2, 0.25) is 0 Å². The van der Waals surface area contributed by atoms with Crippen molar-refractivity contribution in [1.82, 2.24) is 4.90 Å². The van der Waals surface area contributed by atoms with E-state index in [1.165, 1.54) is 10.4 Å². The Morgan fingerprint density at radius 1 is 1.10 bits per heavy atom. The molecule has 1 unspecified atom stereocenters. The number of carbonyl (C=O) groups is 2. The third kappa shape index (κ3) is 3.59. The van der Waals surface area contributed by atoms with Gasteiger partial charge in [-0.25, -0.2) is 0 Å². The number of rotatable bonds is 4. The van der Waals surface area contributed by atoms with E-state index in [9.17, 15) is 9.59 Å². The van der Waals surface area contributed by atoms with Crippen LogP contribution in [-0.2, 0) is 22.4 Å². The summed E-state index contributed by atoms with van der Waals surface area (Å²) in [4.78, 5) is 28.0. The van der Waals surface area contributed by atoms with Crippen LogP contribution >= 0.6 is 11.3 Å². The SMILES string of the molecule is O=C1CCc2cc(OCC(=O)N3CCc4sccc4C3c3ccccc3)ccc2N1. The molecule has 0 saturated heterocycles. The van der Waals surface area contributed by atoms with Crippen molar-refractivity contribution in [2.75, 3.05) is 18.5 Å². The lowest BCUT2D eigenvalue weighted by atomic mass is 9.93. The molecular weight excluding hydrogens is 396 g/mol. The molecular formula is C24H22N2O3S. The number of ether oxygens (including phenoxy) is 1. The standard InChI is InChI=1S/C24H22N2O3S/c27-22-9-6-17-14-18(7-8-20(17)25-22)29-15-23(28)26-12-10-21-19(11-13-30-21)24(26)16-4-2-1-3-5-16/h1-5,7-8,11,13-14,24H,6,9-10,12,15H2,(H,25,27). The molecule has 1 atom stereocenters. The molecule has 0 radical (unpaired) electrons. The first-order valence-corrected chi connectivity index (χ1v) is 11.0. The van der Waals surface area contributed by atoms with Crippen LogP contribution in [0.3, 0.4) is 0 Å². The number of anilines is 1. The minimum Gasteiger partial charge on any atom is -0.484 e. The molecule has 1 aromatic heterocycles. The van der Waals surface area contributed by atoms with Crippen LogP contribution in [0.25, 0.3) is 0 Å². The van der Waals surface area contributed by atoms with Crippen molar-refractivity contribution in [3.63, 3.8) is 0 Å². The molecule has 5 rings (SSSR count). The second-order valence-electron chi connectivity index (χ2n) is 7.61. The van der Waals surface area contributed by atoms with Gasteiger partial charge in [0.25, 0.3) is 5.91 Å². The molecule has 2 aliphatic heterocycles. The zero-order valence-electron chi connectivity index (χ0n) is 16.5. The summed E-state index contributed by atoms with van der Waals surface area (Å²) < 4.78 is 5.87. The van der Waals surface area contributed by atoms with E-state index in [0.29, 0.717) is 25.1 Å². The van der Waals surface area contributed by atoms with Crippen LogP contribution in [-0.4, -0.2) is 29.9 Å². The highest BCUT2D eigenvalue weighted by atomic mass is 32.1. The maximum Gasteiger partial charge on any atom is 0.261 e. The van der Waals surface area contributed by atoms with Gasteiger partial charge in [0, 0.05) is 23.5 Å². The first kappa shape index (κ1) is 18.9. The van der Waals surface area contributed by atoms with Gasteiger partial charge in [0.05, 0.1) is 6.04 Å². The van der Waals surface area contributed by atoms with Crippen LogP contribution in [0.4, 0.5) is 5.69 Å². The molecule has 5 nitrogen and oxygen atoms in total. The van der Waals surface area contributed by atoms with E-state index in [1.807, 2.05) is 35.2 Å². The molecule has 6 heteroatoms. The van der Waals surface area contributed by atoms with Gasteiger partial charge in [0.15, 0.2) is 6.61 Å². The fraction of sp³-hybridized carbons (Fsp3) is 0.250. The molecule has 152 valence electrons. The first-order valence-electron chi connectivity index (χ1n) is 10.2. The average Bonchev–Trinajstić information content (AvgIpc) is 3.26. The maximum atomic E-state index is 13.2. The number of hydrogen-bond acceptors (Lipinski definition) is 4. The summed E-state index contributed by atoms with van der Waals surface area (Å²) in [6.07, 6.45) is 2.04. The summed E-state index contributed by atoms with van der Waals surface area (Å²) in [5.41, 5.74) is 4.21. The van der Waals surface area contributed by atoms with Crippen molar-refractivity contribution in [2.45, 2.75) is 25.3 Å². The predicted molar refractivity (Wildman–Crippen MR) is 117 cm³/mol. The van der Waals surface area contributed by atoms with Gasteiger partial charge in [-0.2, -0.15) is 0 Å². The van der Waals surface area contributed by atoms with Crippen molar-refractivity contribution < 1.29 is 14.3 Å². The molecule has 0 spiro atoms. The molecule has 1 N–H and O–H groups in total. The zero-order chi connectivity index (χ0) is 20.5. The monoisotopic (exact) mass is 418 g/mol. The molecule has 0 aliphatic carbocycles. The number of carbonyl (C=O) groups excluding carboxylic acids is 2. The summed E-state index contributed by atoms with van der Waals surface area (Å²) in [5, 5.41) is 4.97. The maximum absolute atomic E-state index is 13.2. The molecule has 0 fully saturated rings. The lowest BCUT2D eigenvalue weighted by Gasteiger charge is -2.36. The quantitative estimate of drug-likeness (QED) is 0.691. The number of hydrogen-bond donors (Lipinski definition) is 1. The van der Waals surface area contributed by atoms with Crippen LogP contribution in [0.15, 0.2) is 60.0 Å². The summed E-state index contributed by atoms with van der Waals surface area (Å²) in [5.74, 6) is 0.672. The zero-order valence-corrected chi connectivity index (χ0v) is 17.3. The van der Waals surface area contributed by atoms with Gasteiger partial charge in [0.1, 0.15) is 5.75 Å². The highest BCUT2D eigenvalue weighted by Crippen LogP contribution is 2.37. The largest absolute Gasteiger partial charge is 0.484 e. The minimum absolute atomic E-state index is 0.00600. The van der Waals surface area contributed by atoms with Crippen molar-refractivity contribution >= 4 is 28.8 Å². The highest BCUT2D eigenvalue weighted by Gasteiger charge is 2.32. The molecule has 3 heterocycles. The fourth-order valence-corrected chi connectivity index (χ4v) is 5.16. The van der Waals surface area contributed by atoms with Gasteiger partial charge in [0.2, 0.25) is 5.91 Å². The second kappa shape index (κ2) is 7.95. The Hall–Kier alpha value is -3.12. The van der Waals surface area contributed by atoms with Gasteiger partial charge in [-0.05, 0) is 59.2 Å². The van der Waals surface area contributed by atoms with Gasteiger partial charge >= 0.3 is 0 Å². The van der Waals surface area contributed by atoms with Crippen LogP contribution < -0.4 is 10.1 Å². The third-order valence-corrected chi connectivity index (χ3v) is 6.73. The van der Waals surface area contributed by atoms with Crippen LogP contribution in [0.5, 0.6) is 5.75 Å². The van der Waals surface area contributed by atoms with Gasteiger partial charge in [-0.3, -0.25) is 9.59 Å². The van der Waals surface area contributed by atoms with E-state index < -0.39 is 0 Å².